The molecule has 0 saturated heterocycles. The van der Waals surface area contributed by atoms with Crippen LogP contribution in [0.1, 0.15) is 59.5 Å². The van der Waals surface area contributed by atoms with Gasteiger partial charge in [-0.2, -0.15) is 0 Å². The minimum atomic E-state index is -0.150. The maximum atomic E-state index is 12.8. The molecule has 1 aliphatic rings. The van der Waals surface area contributed by atoms with Crippen LogP contribution in [0.4, 0.5) is 0 Å². The van der Waals surface area contributed by atoms with Gasteiger partial charge in [0, 0.05) is 10.4 Å². The van der Waals surface area contributed by atoms with Crippen molar-refractivity contribution in [1.29, 1.82) is 0 Å². The summed E-state index contributed by atoms with van der Waals surface area (Å²) in [4.78, 5) is 34.8. The number of rotatable bonds is 6. The van der Waals surface area contributed by atoms with E-state index in [1.54, 1.807) is 0 Å². The molecule has 0 radical (unpaired) electrons. The molecule has 0 spiro atoms. The standard InChI is InChI=1S/C27H26N2O2S2/c1-17-23-25(31)28-27(29-26(23)33-24(17)21-10-6-3-7-11-21)32-16-22(30)20-14-12-19(13-15-20)18-8-4-2-5-9-18/h3,6-7,10-15,18H,2,4-5,8-9,16H2,1H3,(H,28,29,31). The molecule has 0 bridgehead atoms. The van der Waals surface area contributed by atoms with Gasteiger partial charge in [0.15, 0.2) is 10.9 Å². The van der Waals surface area contributed by atoms with Crippen molar-refractivity contribution in [2.24, 2.45) is 0 Å². The zero-order valence-electron chi connectivity index (χ0n) is 18.6. The van der Waals surface area contributed by atoms with Crippen molar-refractivity contribution in [3.8, 4) is 10.4 Å². The average Bonchev–Trinajstić information content (AvgIpc) is 3.20. The lowest BCUT2D eigenvalue weighted by atomic mass is 9.84. The molecule has 2 aromatic heterocycles. The topological polar surface area (TPSA) is 62.8 Å². The fourth-order valence-corrected chi connectivity index (χ4v) is 6.65. The summed E-state index contributed by atoms with van der Waals surface area (Å²) in [6.45, 7) is 1.96. The first-order valence-corrected chi connectivity index (χ1v) is 13.2. The Kier molecular flexibility index (Phi) is 6.47. The molecule has 2 aromatic carbocycles. The summed E-state index contributed by atoms with van der Waals surface area (Å²) < 4.78 is 0. The number of carbonyl (C=O) groups is 1. The molecule has 33 heavy (non-hydrogen) atoms. The number of aromatic nitrogens is 2. The molecule has 2 heterocycles. The molecule has 1 aliphatic carbocycles. The maximum absolute atomic E-state index is 12.8. The number of carbonyl (C=O) groups excluding carboxylic acids is 1. The van der Waals surface area contributed by atoms with Gasteiger partial charge in [-0.05, 0) is 42.4 Å². The quantitative estimate of drug-likeness (QED) is 0.186. The van der Waals surface area contributed by atoms with Crippen LogP contribution in [-0.2, 0) is 0 Å². The van der Waals surface area contributed by atoms with E-state index in [1.165, 1.54) is 60.8 Å². The Hall–Kier alpha value is -2.70. The molecule has 0 atom stereocenters. The number of fused-ring (bicyclic) bond motifs is 1. The second-order valence-corrected chi connectivity index (χ2v) is 10.6. The van der Waals surface area contributed by atoms with E-state index in [1.807, 2.05) is 49.4 Å². The van der Waals surface area contributed by atoms with Crippen molar-refractivity contribution in [1.82, 2.24) is 9.97 Å². The van der Waals surface area contributed by atoms with Crippen LogP contribution >= 0.6 is 23.1 Å². The van der Waals surface area contributed by atoms with Crippen molar-refractivity contribution in [3.05, 3.63) is 81.6 Å². The molecule has 1 saturated carbocycles. The Balaban J connectivity index is 1.31. The molecule has 6 heteroatoms. The SMILES string of the molecule is Cc1c(-c2ccccc2)sc2nc(SCC(=O)c3ccc(C4CCCCC4)cc3)[nH]c(=O)c12. The molecule has 4 nitrogen and oxygen atoms in total. The van der Waals surface area contributed by atoms with Gasteiger partial charge in [0.05, 0.1) is 11.1 Å². The lowest BCUT2D eigenvalue weighted by Crippen LogP contribution is -2.10. The summed E-state index contributed by atoms with van der Waals surface area (Å²) in [5.74, 6) is 0.922. The van der Waals surface area contributed by atoms with Crippen molar-refractivity contribution in [2.75, 3.05) is 5.75 Å². The second kappa shape index (κ2) is 9.65. The lowest BCUT2D eigenvalue weighted by molar-refractivity contribution is 0.102. The van der Waals surface area contributed by atoms with Crippen molar-refractivity contribution < 1.29 is 4.79 Å². The number of ketones is 1. The van der Waals surface area contributed by atoms with Gasteiger partial charge in [-0.15, -0.1) is 11.3 Å². The van der Waals surface area contributed by atoms with Crippen LogP contribution in [0.15, 0.2) is 64.5 Å². The van der Waals surface area contributed by atoms with Gasteiger partial charge in [-0.1, -0.05) is 85.6 Å². The molecule has 5 rings (SSSR count). The van der Waals surface area contributed by atoms with Gasteiger partial charge in [0.25, 0.3) is 5.56 Å². The van der Waals surface area contributed by atoms with E-state index in [-0.39, 0.29) is 17.1 Å². The average molecular weight is 475 g/mol. The molecular formula is C27H26N2O2S2. The summed E-state index contributed by atoms with van der Waals surface area (Å²) in [5, 5.41) is 1.12. The van der Waals surface area contributed by atoms with Crippen LogP contribution in [0.25, 0.3) is 20.7 Å². The fourth-order valence-electron chi connectivity index (χ4n) is 4.65. The van der Waals surface area contributed by atoms with E-state index in [2.05, 4.69) is 22.1 Å². The van der Waals surface area contributed by atoms with Gasteiger partial charge < -0.3 is 4.98 Å². The van der Waals surface area contributed by atoms with E-state index >= 15 is 0 Å². The predicted octanol–water partition coefficient (Wildman–Crippen LogP) is 6.98. The van der Waals surface area contributed by atoms with E-state index in [0.717, 1.165) is 16.0 Å². The predicted molar refractivity (Wildman–Crippen MR) is 138 cm³/mol. The Morgan fingerprint density at radius 1 is 1.06 bits per heavy atom. The zero-order chi connectivity index (χ0) is 22.8. The van der Waals surface area contributed by atoms with Crippen molar-refractivity contribution >= 4 is 39.1 Å². The van der Waals surface area contributed by atoms with Crippen LogP contribution in [0.3, 0.4) is 0 Å². The summed E-state index contributed by atoms with van der Waals surface area (Å²) in [6, 6.07) is 18.2. The highest BCUT2D eigenvalue weighted by Gasteiger charge is 2.18. The van der Waals surface area contributed by atoms with E-state index in [4.69, 9.17) is 0 Å². The first-order valence-electron chi connectivity index (χ1n) is 11.4. The van der Waals surface area contributed by atoms with Gasteiger partial charge in [0.2, 0.25) is 0 Å². The third-order valence-electron chi connectivity index (χ3n) is 6.46. The van der Waals surface area contributed by atoms with Gasteiger partial charge >= 0.3 is 0 Å². The number of thiophene rings is 1. The Morgan fingerprint density at radius 3 is 2.52 bits per heavy atom. The van der Waals surface area contributed by atoms with Gasteiger partial charge in [-0.3, -0.25) is 9.59 Å². The number of Topliss-reactive ketones (excluding diaryl/α,β-unsaturated/α-hetero) is 1. The number of nitrogens with zero attached hydrogens (tertiary/aromatic N) is 1. The number of H-pyrrole nitrogens is 1. The highest BCUT2D eigenvalue weighted by Crippen LogP contribution is 2.36. The third kappa shape index (κ3) is 4.68. The summed E-state index contributed by atoms with van der Waals surface area (Å²) in [7, 11) is 0. The number of aryl methyl sites for hydroxylation is 1. The first-order chi connectivity index (χ1) is 16.1. The number of hydrogen-bond acceptors (Lipinski definition) is 5. The summed E-state index contributed by atoms with van der Waals surface area (Å²) in [5.41, 5.74) is 3.93. The lowest BCUT2D eigenvalue weighted by Gasteiger charge is -2.22. The number of benzene rings is 2. The Bertz CT molecular complexity index is 1330. The van der Waals surface area contributed by atoms with Gasteiger partial charge in [0.1, 0.15) is 4.83 Å². The number of aromatic amines is 1. The molecule has 0 amide bonds. The Labute approximate surface area is 201 Å². The van der Waals surface area contributed by atoms with Crippen molar-refractivity contribution in [3.63, 3.8) is 0 Å². The smallest absolute Gasteiger partial charge is 0.260 e. The minimum absolute atomic E-state index is 0.0466. The van der Waals surface area contributed by atoms with Crippen LogP contribution < -0.4 is 5.56 Å². The zero-order valence-corrected chi connectivity index (χ0v) is 20.2. The molecule has 1 fully saturated rings. The van der Waals surface area contributed by atoms with E-state index in [0.29, 0.717) is 26.9 Å². The molecule has 4 aromatic rings. The van der Waals surface area contributed by atoms with Crippen molar-refractivity contribution in [2.45, 2.75) is 50.1 Å². The monoisotopic (exact) mass is 474 g/mol. The summed E-state index contributed by atoms with van der Waals surface area (Å²) >= 11 is 2.81. The molecule has 168 valence electrons. The number of hydrogen-bond donors (Lipinski definition) is 1. The highest BCUT2D eigenvalue weighted by molar-refractivity contribution is 7.99. The highest BCUT2D eigenvalue weighted by atomic mass is 32.2. The maximum Gasteiger partial charge on any atom is 0.260 e. The number of thioether (sulfide) groups is 1. The molecular weight excluding hydrogens is 448 g/mol. The van der Waals surface area contributed by atoms with E-state index in [9.17, 15) is 9.59 Å². The number of nitrogens with one attached hydrogen (secondary N) is 1. The summed E-state index contributed by atoms with van der Waals surface area (Å²) in [6.07, 6.45) is 6.44. The minimum Gasteiger partial charge on any atom is -0.301 e. The van der Waals surface area contributed by atoms with Crippen LogP contribution in [0.2, 0.25) is 0 Å². The van der Waals surface area contributed by atoms with Crippen LogP contribution in [-0.4, -0.2) is 21.5 Å². The first kappa shape index (κ1) is 22.1. The van der Waals surface area contributed by atoms with Gasteiger partial charge in [-0.25, -0.2) is 4.98 Å². The normalized spacial score (nSPS) is 14.6. The molecule has 0 aliphatic heterocycles. The molecule has 1 N–H and O–H groups in total. The second-order valence-electron chi connectivity index (χ2n) is 8.64. The Morgan fingerprint density at radius 2 is 1.79 bits per heavy atom. The largest absolute Gasteiger partial charge is 0.301 e. The third-order valence-corrected chi connectivity index (χ3v) is 8.57. The fraction of sp³-hybridized carbons (Fsp3) is 0.296. The van der Waals surface area contributed by atoms with Crippen LogP contribution in [0, 0.1) is 6.92 Å². The molecule has 0 unspecified atom stereocenters. The van der Waals surface area contributed by atoms with Crippen LogP contribution in [0.5, 0.6) is 0 Å². The van der Waals surface area contributed by atoms with E-state index < -0.39 is 0 Å².